The van der Waals surface area contributed by atoms with Crippen LogP contribution in [-0.4, -0.2) is 22.1 Å². The predicted molar refractivity (Wildman–Crippen MR) is 49.2 cm³/mol. The van der Waals surface area contributed by atoms with Gasteiger partial charge < -0.3 is 9.52 Å². The third-order valence-electron chi connectivity index (χ3n) is 1.57. The highest BCUT2D eigenvalue weighted by Gasteiger charge is 2.08. The van der Waals surface area contributed by atoms with Crippen LogP contribution in [0.4, 0.5) is 0 Å². The van der Waals surface area contributed by atoms with Crippen LogP contribution >= 0.6 is 11.8 Å². The van der Waals surface area contributed by atoms with E-state index in [-0.39, 0.29) is 6.61 Å². The average molecular weight is 187 g/mol. The molecule has 0 saturated heterocycles. The summed E-state index contributed by atoms with van der Waals surface area (Å²) in [5.74, 6) is 2.46. The molecule has 0 atom stereocenters. The number of aromatic nitrogens is 1. The van der Waals surface area contributed by atoms with E-state index >= 15 is 0 Å². The Bertz CT molecular complexity index is 247. The van der Waals surface area contributed by atoms with Crippen molar-refractivity contribution in [1.82, 2.24) is 4.98 Å². The average Bonchev–Trinajstić information content (AvgIpc) is 2.42. The Kier molecular flexibility index (Phi) is 3.62. The molecular weight excluding hydrogens is 174 g/mol. The van der Waals surface area contributed by atoms with Crippen LogP contribution in [0.15, 0.2) is 4.42 Å². The van der Waals surface area contributed by atoms with Gasteiger partial charge in [0.1, 0.15) is 11.5 Å². The summed E-state index contributed by atoms with van der Waals surface area (Å²) in [7, 11) is 0. The highest BCUT2D eigenvalue weighted by atomic mass is 32.2. The Labute approximate surface area is 76.2 Å². The topological polar surface area (TPSA) is 46.3 Å². The standard InChI is InChI=1S/C8H13NO2S/c1-6-9-7(5-10)8(11-6)3-4-12-2/h10H,3-5H2,1-2H3. The quantitative estimate of drug-likeness (QED) is 0.773. The number of nitrogens with zero attached hydrogens (tertiary/aromatic N) is 1. The second kappa shape index (κ2) is 4.52. The van der Waals surface area contributed by atoms with Crippen LogP contribution in [-0.2, 0) is 13.0 Å². The van der Waals surface area contributed by atoms with Gasteiger partial charge in [-0.25, -0.2) is 4.98 Å². The summed E-state index contributed by atoms with van der Waals surface area (Å²) in [4.78, 5) is 4.06. The molecule has 3 nitrogen and oxygen atoms in total. The Balaban J connectivity index is 2.68. The Morgan fingerprint density at radius 1 is 1.58 bits per heavy atom. The lowest BCUT2D eigenvalue weighted by atomic mass is 10.3. The Morgan fingerprint density at radius 2 is 2.33 bits per heavy atom. The molecule has 1 aromatic heterocycles. The van der Waals surface area contributed by atoms with Crippen molar-refractivity contribution in [3.8, 4) is 0 Å². The Hall–Kier alpha value is -0.480. The van der Waals surface area contributed by atoms with Crippen molar-refractivity contribution in [3.63, 3.8) is 0 Å². The molecule has 1 aromatic rings. The first-order chi connectivity index (χ1) is 5.77. The first-order valence-corrected chi connectivity index (χ1v) is 5.22. The molecule has 1 rings (SSSR count). The summed E-state index contributed by atoms with van der Waals surface area (Å²) in [6.07, 6.45) is 2.89. The van der Waals surface area contributed by atoms with Gasteiger partial charge in [0.15, 0.2) is 5.89 Å². The first-order valence-electron chi connectivity index (χ1n) is 3.83. The van der Waals surface area contributed by atoms with Gasteiger partial charge in [0.05, 0.1) is 6.61 Å². The maximum absolute atomic E-state index is 8.90. The van der Waals surface area contributed by atoms with Crippen LogP contribution in [0.5, 0.6) is 0 Å². The molecule has 0 unspecified atom stereocenters. The van der Waals surface area contributed by atoms with Gasteiger partial charge in [-0.1, -0.05) is 0 Å². The molecular formula is C8H13NO2S. The summed E-state index contributed by atoms with van der Waals surface area (Å²) >= 11 is 1.76. The van der Waals surface area contributed by atoms with Gasteiger partial charge in [-0.05, 0) is 6.26 Å². The molecule has 0 aliphatic carbocycles. The van der Waals surface area contributed by atoms with E-state index in [0.29, 0.717) is 11.6 Å². The van der Waals surface area contributed by atoms with Crippen molar-refractivity contribution in [1.29, 1.82) is 0 Å². The normalized spacial score (nSPS) is 10.6. The number of hydrogen-bond acceptors (Lipinski definition) is 4. The fraction of sp³-hybridized carbons (Fsp3) is 0.625. The van der Waals surface area contributed by atoms with E-state index in [1.54, 1.807) is 18.7 Å². The van der Waals surface area contributed by atoms with E-state index in [0.717, 1.165) is 17.9 Å². The minimum atomic E-state index is -0.0267. The second-order valence-corrected chi connectivity index (χ2v) is 3.49. The molecule has 0 aromatic carbocycles. The van der Waals surface area contributed by atoms with Crippen molar-refractivity contribution < 1.29 is 9.52 Å². The molecule has 1 heterocycles. The molecule has 0 aliphatic rings. The lowest BCUT2D eigenvalue weighted by Crippen LogP contribution is -1.92. The Morgan fingerprint density at radius 3 is 2.92 bits per heavy atom. The summed E-state index contributed by atoms with van der Waals surface area (Å²) in [5.41, 5.74) is 0.682. The van der Waals surface area contributed by atoms with E-state index in [9.17, 15) is 0 Å². The molecule has 0 aliphatic heterocycles. The zero-order valence-corrected chi connectivity index (χ0v) is 8.15. The number of rotatable bonds is 4. The van der Waals surface area contributed by atoms with Crippen molar-refractivity contribution in [3.05, 3.63) is 17.3 Å². The molecule has 0 fully saturated rings. The first kappa shape index (κ1) is 9.61. The van der Waals surface area contributed by atoms with Crippen molar-refractivity contribution in [2.75, 3.05) is 12.0 Å². The number of aryl methyl sites for hydroxylation is 2. The minimum Gasteiger partial charge on any atom is -0.446 e. The van der Waals surface area contributed by atoms with Crippen LogP contribution in [0.25, 0.3) is 0 Å². The summed E-state index contributed by atoms with van der Waals surface area (Å²) < 4.78 is 5.32. The molecule has 0 radical (unpaired) electrons. The van der Waals surface area contributed by atoms with Gasteiger partial charge in [0, 0.05) is 19.1 Å². The third kappa shape index (κ3) is 2.25. The molecule has 0 amide bonds. The minimum absolute atomic E-state index is 0.0267. The molecule has 0 saturated carbocycles. The lowest BCUT2D eigenvalue weighted by molar-refractivity contribution is 0.274. The molecule has 0 bridgehead atoms. The monoisotopic (exact) mass is 187 g/mol. The second-order valence-electron chi connectivity index (χ2n) is 2.50. The van der Waals surface area contributed by atoms with E-state index in [1.165, 1.54) is 0 Å². The SMILES string of the molecule is CSCCc1oc(C)nc1CO. The van der Waals surface area contributed by atoms with Crippen molar-refractivity contribution in [2.45, 2.75) is 20.0 Å². The zero-order valence-electron chi connectivity index (χ0n) is 7.33. The molecule has 12 heavy (non-hydrogen) atoms. The van der Waals surface area contributed by atoms with E-state index in [4.69, 9.17) is 9.52 Å². The number of hydrogen-bond donors (Lipinski definition) is 1. The number of aliphatic hydroxyl groups excluding tert-OH is 1. The zero-order chi connectivity index (χ0) is 8.97. The fourth-order valence-corrected chi connectivity index (χ4v) is 1.42. The van der Waals surface area contributed by atoms with Gasteiger partial charge in [-0.15, -0.1) is 0 Å². The van der Waals surface area contributed by atoms with Crippen molar-refractivity contribution in [2.24, 2.45) is 0 Å². The van der Waals surface area contributed by atoms with E-state index in [1.807, 2.05) is 6.26 Å². The molecule has 0 spiro atoms. The number of aliphatic hydroxyl groups is 1. The molecule has 1 N–H and O–H groups in total. The fourth-order valence-electron chi connectivity index (χ4n) is 1.03. The smallest absolute Gasteiger partial charge is 0.191 e. The largest absolute Gasteiger partial charge is 0.446 e. The lowest BCUT2D eigenvalue weighted by Gasteiger charge is -1.95. The van der Waals surface area contributed by atoms with E-state index < -0.39 is 0 Å². The van der Waals surface area contributed by atoms with Gasteiger partial charge in [-0.2, -0.15) is 11.8 Å². The number of thioether (sulfide) groups is 1. The van der Waals surface area contributed by atoms with Crippen LogP contribution in [0, 0.1) is 6.92 Å². The van der Waals surface area contributed by atoms with Crippen LogP contribution < -0.4 is 0 Å². The molecule has 4 heteroatoms. The summed E-state index contributed by atoms with van der Waals surface area (Å²) in [6.45, 7) is 1.77. The summed E-state index contributed by atoms with van der Waals surface area (Å²) in [6, 6.07) is 0. The van der Waals surface area contributed by atoms with Gasteiger partial charge in [-0.3, -0.25) is 0 Å². The molecule has 68 valence electrons. The summed E-state index contributed by atoms with van der Waals surface area (Å²) in [5, 5.41) is 8.90. The highest BCUT2D eigenvalue weighted by Crippen LogP contribution is 2.12. The number of oxazole rings is 1. The van der Waals surface area contributed by atoms with Gasteiger partial charge in [0.2, 0.25) is 0 Å². The van der Waals surface area contributed by atoms with Gasteiger partial charge in [0.25, 0.3) is 0 Å². The van der Waals surface area contributed by atoms with Crippen molar-refractivity contribution >= 4 is 11.8 Å². The third-order valence-corrected chi connectivity index (χ3v) is 2.18. The predicted octanol–water partition coefficient (Wildman–Crippen LogP) is 1.38. The maximum Gasteiger partial charge on any atom is 0.191 e. The maximum atomic E-state index is 8.90. The van der Waals surface area contributed by atoms with E-state index in [2.05, 4.69) is 4.98 Å². The van der Waals surface area contributed by atoms with Gasteiger partial charge >= 0.3 is 0 Å². The van der Waals surface area contributed by atoms with Crippen LogP contribution in [0.2, 0.25) is 0 Å². The highest BCUT2D eigenvalue weighted by molar-refractivity contribution is 7.98. The van der Waals surface area contributed by atoms with Crippen LogP contribution in [0.1, 0.15) is 17.3 Å². The van der Waals surface area contributed by atoms with Crippen LogP contribution in [0.3, 0.4) is 0 Å².